The van der Waals surface area contributed by atoms with Crippen molar-refractivity contribution in [3.8, 4) is 11.5 Å². The maximum Gasteiger partial charge on any atom is 0.351 e. The number of amides is 1. The largest absolute Gasteiger partial charge is 0.485 e. The van der Waals surface area contributed by atoms with E-state index in [1.54, 1.807) is 25.1 Å². The van der Waals surface area contributed by atoms with Crippen molar-refractivity contribution in [3.05, 3.63) is 24.3 Å². The number of hydrogen-bond donors (Lipinski definition) is 0. The van der Waals surface area contributed by atoms with Gasteiger partial charge in [-0.2, -0.15) is 0 Å². The number of hydrogen-bond acceptors (Lipinski definition) is 5. The third kappa shape index (κ3) is 3.72. The molecule has 4 atom stereocenters. The highest BCUT2D eigenvalue weighted by Gasteiger charge is 2.36. The second kappa shape index (κ2) is 7.33. The van der Waals surface area contributed by atoms with Gasteiger partial charge in [0.2, 0.25) is 6.10 Å². The highest BCUT2D eigenvalue weighted by molar-refractivity contribution is 5.85. The zero-order valence-corrected chi connectivity index (χ0v) is 14.9. The number of esters is 1. The first kappa shape index (κ1) is 17.6. The lowest BCUT2D eigenvalue weighted by atomic mass is 9.97. The van der Waals surface area contributed by atoms with Crippen LogP contribution in [0.2, 0.25) is 0 Å². The van der Waals surface area contributed by atoms with E-state index in [0.29, 0.717) is 11.5 Å². The van der Waals surface area contributed by atoms with Gasteiger partial charge in [-0.05, 0) is 52.2 Å². The van der Waals surface area contributed by atoms with Gasteiger partial charge in [0.1, 0.15) is 6.61 Å². The molecule has 0 saturated carbocycles. The van der Waals surface area contributed by atoms with Crippen molar-refractivity contribution in [1.82, 2.24) is 4.90 Å². The lowest BCUT2D eigenvalue weighted by Gasteiger charge is -2.40. The Kier molecular flexibility index (Phi) is 5.16. The molecule has 1 fully saturated rings. The number of piperidine rings is 1. The molecule has 2 heterocycles. The average Bonchev–Trinajstić information content (AvgIpc) is 2.60. The smallest absolute Gasteiger partial charge is 0.351 e. The van der Waals surface area contributed by atoms with Crippen LogP contribution in [0.3, 0.4) is 0 Å². The van der Waals surface area contributed by atoms with Crippen LogP contribution in [0.1, 0.15) is 40.0 Å². The number of rotatable bonds is 3. The minimum atomic E-state index is -0.860. The van der Waals surface area contributed by atoms with Gasteiger partial charge in [0.15, 0.2) is 17.6 Å². The summed E-state index contributed by atoms with van der Waals surface area (Å²) in [5.74, 6) is 0.387. The SMILES string of the molecule is C[C@@H]1CCC[C@H](C)N1C(=O)[C@@H](C)OC(=O)[C@@H]1COc2ccccc2O1. The van der Waals surface area contributed by atoms with Crippen LogP contribution in [-0.2, 0) is 14.3 Å². The summed E-state index contributed by atoms with van der Waals surface area (Å²) in [6.45, 7) is 5.77. The van der Waals surface area contributed by atoms with Gasteiger partial charge in [0, 0.05) is 12.1 Å². The molecule has 0 unspecified atom stereocenters. The van der Waals surface area contributed by atoms with Crippen LogP contribution in [-0.4, -0.2) is 47.7 Å². The van der Waals surface area contributed by atoms with E-state index in [0.717, 1.165) is 19.3 Å². The number of benzene rings is 1. The maximum atomic E-state index is 12.7. The second-order valence-corrected chi connectivity index (χ2v) is 6.82. The maximum absolute atomic E-state index is 12.7. The predicted octanol–water partition coefficient (Wildman–Crippen LogP) is 2.55. The van der Waals surface area contributed by atoms with Crippen molar-refractivity contribution in [2.75, 3.05) is 6.61 Å². The quantitative estimate of drug-likeness (QED) is 0.786. The van der Waals surface area contributed by atoms with Crippen LogP contribution >= 0.6 is 0 Å². The lowest BCUT2D eigenvalue weighted by molar-refractivity contribution is -0.169. The summed E-state index contributed by atoms with van der Waals surface area (Å²) in [5, 5.41) is 0. The number of carbonyl (C=O) groups excluding carboxylic acids is 2. The number of nitrogens with zero attached hydrogens (tertiary/aromatic N) is 1. The van der Waals surface area contributed by atoms with E-state index in [2.05, 4.69) is 0 Å². The van der Waals surface area contributed by atoms with Gasteiger partial charge in [0.25, 0.3) is 5.91 Å². The molecule has 0 spiro atoms. The van der Waals surface area contributed by atoms with Crippen LogP contribution in [0.15, 0.2) is 24.3 Å². The summed E-state index contributed by atoms with van der Waals surface area (Å²) in [7, 11) is 0. The molecule has 2 aliphatic heterocycles. The number of likely N-dealkylation sites (tertiary alicyclic amines) is 1. The average molecular weight is 347 g/mol. The van der Waals surface area contributed by atoms with Gasteiger partial charge < -0.3 is 19.1 Å². The summed E-state index contributed by atoms with van der Waals surface area (Å²) < 4.78 is 16.5. The summed E-state index contributed by atoms with van der Waals surface area (Å²) in [4.78, 5) is 26.9. The molecule has 1 amide bonds. The molecule has 1 aromatic carbocycles. The summed E-state index contributed by atoms with van der Waals surface area (Å²) in [5.41, 5.74) is 0. The van der Waals surface area contributed by atoms with Gasteiger partial charge in [-0.1, -0.05) is 12.1 Å². The first-order valence-corrected chi connectivity index (χ1v) is 8.88. The highest BCUT2D eigenvalue weighted by atomic mass is 16.6. The number of fused-ring (bicyclic) bond motifs is 1. The fourth-order valence-corrected chi connectivity index (χ4v) is 3.50. The Hall–Kier alpha value is -2.24. The molecule has 3 rings (SSSR count). The molecule has 25 heavy (non-hydrogen) atoms. The molecule has 0 N–H and O–H groups in total. The zero-order chi connectivity index (χ0) is 18.0. The minimum absolute atomic E-state index is 0.0767. The van der Waals surface area contributed by atoms with E-state index < -0.39 is 18.2 Å². The summed E-state index contributed by atoms with van der Waals surface area (Å²) >= 11 is 0. The topological polar surface area (TPSA) is 65.1 Å². The molecule has 0 aromatic heterocycles. The predicted molar refractivity (Wildman–Crippen MR) is 91.5 cm³/mol. The number of ether oxygens (including phenoxy) is 3. The van der Waals surface area contributed by atoms with Crippen LogP contribution in [0.4, 0.5) is 0 Å². The minimum Gasteiger partial charge on any atom is -0.485 e. The summed E-state index contributed by atoms with van der Waals surface area (Å²) in [6, 6.07) is 7.49. The molecule has 0 radical (unpaired) electrons. The first-order valence-electron chi connectivity index (χ1n) is 8.88. The fraction of sp³-hybridized carbons (Fsp3) is 0.579. The standard InChI is InChI=1S/C19H25NO5/c1-12-7-6-8-13(2)20(12)18(21)14(3)24-19(22)17-11-23-15-9-4-5-10-16(15)25-17/h4-5,9-10,12-14,17H,6-8,11H2,1-3H3/t12-,13+,14-,17+/m1/s1. The molecule has 6 nitrogen and oxygen atoms in total. The van der Waals surface area contributed by atoms with Crippen molar-refractivity contribution < 1.29 is 23.8 Å². The zero-order valence-electron chi connectivity index (χ0n) is 14.9. The molecule has 1 saturated heterocycles. The molecule has 0 aliphatic carbocycles. The van der Waals surface area contributed by atoms with E-state index >= 15 is 0 Å². The molecule has 2 aliphatic rings. The third-order valence-electron chi connectivity index (χ3n) is 4.86. The Morgan fingerprint density at radius 3 is 2.48 bits per heavy atom. The molecule has 6 heteroatoms. The van der Waals surface area contributed by atoms with Crippen LogP contribution in [0, 0.1) is 0 Å². The van der Waals surface area contributed by atoms with Gasteiger partial charge in [-0.25, -0.2) is 4.79 Å². The van der Waals surface area contributed by atoms with Crippen molar-refractivity contribution >= 4 is 11.9 Å². The fourth-order valence-electron chi connectivity index (χ4n) is 3.50. The van der Waals surface area contributed by atoms with Gasteiger partial charge in [0.05, 0.1) is 0 Å². The Morgan fingerprint density at radius 2 is 1.80 bits per heavy atom. The van der Waals surface area contributed by atoms with E-state index in [4.69, 9.17) is 14.2 Å². The number of para-hydroxylation sites is 2. The van der Waals surface area contributed by atoms with Crippen molar-refractivity contribution in [2.45, 2.75) is 64.3 Å². The molecular weight excluding hydrogens is 322 g/mol. The van der Waals surface area contributed by atoms with Crippen LogP contribution < -0.4 is 9.47 Å². The molecular formula is C19H25NO5. The van der Waals surface area contributed by atoms with Crippen LogP contribution in [0.5, 0.6) is 11.5 Å². The number of carbonyl (C=O) groups is 2. The van der Waals surface area contributed by atoms with Gasteiger partial charge >= 0.3 is 5.97 Å². The Bertz CT molecular complexity index is 636. The van der Waals surface area contributed by atoms with Crippen molar-refractivity contribution in [1.29, 1.82) is 0 Å². The second-order valence-electron chi connectivity index (χ2n) is 6.82. The van der Waals surface area contributed by atoms with Gasteiger partial charge in [-0.3, -0.25) is 4.79 Å². The van der Waals surface area contributed by atoms with E-state index in [1.807, 2.05) is 24.8 Å². The Balaban J connectivity index is 1.60. The third-order valence-corrected chi connectivity index (χ3v) is 4.86. The monoisotopic (exact) mass is 347 g/mol. The highest BCUT2D eigenvalue weighted by Crippen LogP contribution is 2.31. The van der Waals surface area contributed by atoms with Crippen molar-refractivity contribution in [2.24, 2.45) is 0 Å². The molecule has 1 aromatic rings. The molecule has 0 bridgehead atoms. The molecule has 136 valence electrons. The van der Waals surface area contributed by atoms with Gasteiger partial charge in [-0.15, -0.1) is 0 Å². The Labute approximate surface area is 148 Å². The van der Waals surface area contributed by atoms with E-state index in [9.17, 15) is 9.59 Å². The Morgan fingerprint density at radius 1 is 1.16 bits per heavy atom. The van der Waals surface area contributed by atoms with E-state index in [1.165, 1.54) is 0 Å². The lowest BCUT2D eigenvalue weighted by Crippen LogP contribution is -2.52. The normalized spacial score (nSPS) is 26.7. The summed E-state index contributed by atoms with van der Waals surface area (Å²) in [6.07, 6.45) is 1.38. The van der Waals surface area contributed by atoms with Crippen molar-refractivity contribution in [3.63, 3.8) is 0 Å². The first-order chi connectivity index (χ1) is 12.0. The van der Waals surface area contributed by atoms with E-state index in [-0.39, 0.29) is 24.6 Å². The van der Waals surface area contributed by atoms with Crippen LogP contribution in [0.25, 0.3) is 0 Å².